The van der Waals surface area contributed by atoms with E-state index in [1.54, 1.807) is 4.90 Å². The lowest BCUT2D eigenvalue weighted by atomic mass is 9.76. The van der Waals surface area contributed by atoms with Crippen molar-refractivity contribution in [2.75, 3.05) is 13.1 Å². The van der Waals surface area contributed by atoms with E-state index in [0.717, 1.165) is 31.4 Å². The molecule has 6 nitrogen and oxygen atoms in total. The molecule has 1 heterocycles. The Hall–Kier alpha value is -0.573. The fourth-order valence-corrected chi connectivity index (χ4v) is 6.14. The van der Waals surface area contributed by atoms with Crippen molar-refractivity contribution in [2.24, 2.45) is 9.81 Å². The highest BCUT2D eigenvalue weighted by atomic mass is 32.2. The summed E-state index contributed by atoms with van der Waals surface area (Å²) in [5, 5.41) is 0.133. The van der Waals surface area contributed by atoms with Crippen molar-refractivity contribution in [1.29, 1.82) is 0 Å². The molecule has 1 saturated heterocycles. The maximum Gasteiger partial charge on any atom is 0.410 e. The summed E-state index contributed by atoms with van der Waals surface area (Å²) in [6, 6.07) is 0. The average Bonchev–Trinajstić information content (AvgIpc) is 2.87. The monoisotopic (exact) mass is 486 g/mol. The molecule has 0 radical (unpaired) electrons. The Labute approximate surface area is 200 Å². The van der Waals surface area contributed by atoms with Gasteiger partial charge in [-0.3, -0.25) is 0 Å². The van der Waals surface area contributed by atoms with Gasteiger partial charge < -0.3 is 18.6 Å². The van der Waals surface area contributed by atoms with E-state index in [1.165, 1.54) is 0 Å². The Bertz CT molecular complexity index is 711. The Morgan fingerprint density at radius 2 is 1.62 bits per heavy atom. The van der Waals surface area contributed by atoms with Crippen LogP contribution in [0.5, 0.6) is 0 Å². The average molecular weight is 487 g/mol. The smallest absolute Gasteiger partial charge is 0.410 e. The molecule has 2 aliphatic rings. The van der Waals surface area contributed by atoms with Crippen LogP contribution in [-0.2, 0) is 20.5 Å². The molecular weight excluding hydrogens is 440 g/mol. The molecule has 2 fully saturated rings. The molecule has 0 bridgehead atoms. The van der Waals surface area contributed by atoms with Crippen molar-refractivity contribution in [3.63, 3.8) is 0 Å². The lowest BCUT2D eigenvalue weighted by Crippen LogP contribution is -2.47. The van der Waals surface area contributed by atoms with Gasteiger partial charge >= 0.3 is 6.09 Å². The highest BCUT2D eigenvalue weighted by Crippen LogP contribution is 2.48. The van der Waals surface area contributed by atoms with Gasteiger partial charge in [-0.25, -0.2) is 4.79 Å². The molecular formula is C24H46N2O4SSi. The number of amides is 1. The third kappa shape index (κ3) is 6.73. The van der Waals surface area contributed by atoms with Crippen LogP contribution in [0.2, 0.25) is 18.1 Å². The molecule has 2 rings (SSSR count). The molecule has 0 N–H and O–H groups in total. The normalized spacial score (nSPS) is 24.8. The maximum absolute atomic E-state index is 12.9. The SMILES string of the molecule is CC(C)(C)OC(=O)N1CCC2(CC1)CC(O[Si](C)(C)C(C)(C)C)CC2=N[S+]([O-])C(C)(C)C. The quantitative estimate of drug-likeness (QED) is 0.357. The molecule has 1 aliphatic heterocycles. The molecule has 0 aromatic heterocycles. The first-order valence-corrected chi connectivity index (χ1v) is 15.9. The molecule has 2 unspecified atom stereocenters. The first kappa shape index (κ1) is 27.7. The van der Waals surface area contributed by atoms with Gasteiger partial charge in [0.25, 0.3) is 0 Å². The van der Waals surface area contributed by atoms with Crippen LogP contribution in [0.15, 0.2) is 4.40 Å². The summed E-state index contributed by atoms with van der Waals surface area (Å²) >= 11 is -1.30. The van der Waals surface area contributed by atoms with Gasteiger partial charge in [0.2, 0.25) is 0 Å². The third-order valence-electron chi connectivity index (χ3n) is 7.01. The number of carbonyl (C=O) groups is 1. The molecule has 32 heavy (non-hydrogen) atoms. The molecule has 0 aromatic carbocycles. The number of rotatable bonds is 3. The Morgan fingerprint density at radius 3 is 2.06 bits per heavy atom. The van der Waals surface area contributed by atoms with Gasteiger partial charge in [0, 0.05) is 24.9 Å². The van der Waals surface area contributed by atoms with E-state index < -0.39 is 30.0 Å². The molecule has 186 valence electrons. The first-order valence-electron chi connectivity index (χ1n) is 11.9. The summed E-state index contributed by atoms with van der Waals surface area (Å²) in [5.74, 6) is 0. The van der Waals surface area contributed by atoms with Crippen LogP contribution in [0.4, 0.5) is 4.79 Å². The summed E-state index contributed by atoms with van der Waals surface area (Å²) in [6.45, 7) is 24.2. The second-order valence-corrected chi connectivity index (χ2v) is 19.7. The van der Waals surface area contributed by atoms with Crippen LogP contribution in [0.1, 0.15) is 88.0 Å². The zero-order valence-corrected chi connectivity index (χ0v) is 24.1. The molecule has 1 saturated carbocycles. The van der Waals surface area contributed by atoms with Gasteiger partial charge in [-0.1, -0.05) is 25.2 Å². The van der Waals surface area contributed by atoms with Crippen molar-refractivity contribution in [2.45, 2.75) is 123 Å². The number of nitrogens with zero attached hydrogens (tertiary/aromatic N) is 2. The van der Waals surface area contributed by atoms with Crippen molar-refractivity contribution in [3.8, 4) is 0 Å². The predicted octanol–water partition coefficient (Wildman–Crippen LogP) is 6.09. The largest absolute Gasteiger partial charge is 0.591 e. The molecule has 0 aromatic rings. The van der Waals surface area contributed by atoms with Crippen LogP contribution in [-0.4, -0.2) is 59.1 Å². The number of hydrogen-bond donors (Lipinski definition) is 0. The van der Waals surface area contributed by atoms with E-state index in [-0.39, 0.29) is 22.7 Å². The van der Waals surface area contributed by atoms with Crippen LogP contribution in [0, 0.1) is 5.41 Å². The summed E-state index contributed by atoms with van der Waals surface area (Å²) in [4.78, 5) is 14.4. The number of carbonyl (C=O) groups excluding carboxylic acids is 1. The predicted molar refractivity (Wildman–Crippen MR) is 136 cm³/mol. The minimum Gasteiger partial charge on any atom is -0.591 e. The topological polar surface area (TPSA) is 74.2 Å². The summed E-state index contributed by atoms with van der Waals surface area (Å²) < 4.78 is 29.7. The van der Waals surface area contributed by atoms with Crippen LogP contribution >= 0.6 is 0 Å². The highest BCUT2D eigenvalue weighted by molar-refractivity contribution is 7.91. The summed E-state index contributed by atoms with van der Waals surface area (Å²) in [7, 11) is -1.93. The van der Waals surface area contributed by atoms with Crippen LogP contribution in [0.3, 0.4) is 0 Å². The summed E-state index contributed by atoms with van der Waals surface area (Å²) in [5.41, 5.74) is 0.378. The van der Waals surface area contributed by atoms with E-state index in [9.17, 15) is 9.35 Å². The third-order valence-corrected chi connectivity index (χ3v) is 13.0. The van der Waals surface area contributed by atoms with E-state index in [0.29, 0.717) is 13.1 Å². The van der Waals surface area contributed by atoms with Crippen LogP contribution in [0.25, 0.3) is 0 Å². The Balaban J connectivity index is 2.24. The van der Waals surface area contributed by atoms with Gasteiger partial charge in [-0.2, -0.15) is 0 Å². The second-order valence-electron chi connectivity index (χ2n) is 13.1. The minimum absolute atomic E-state index is 0.0969. The Morgan fingerprint density at radius 1 is 1.09 bits per heavy atom. The van der Waals surface area contributed by atoms with Gasteiger partial charge in [0.05, 0.1) is 11.8 Å². The minimum atomic E-state index is -1.93. The fourth-order valence-electron chi connectivity index (χ4n) is 4.04. The lowest BCUT2D eigenvalue weighted by molar-refractivity contribution is 0.0143. The number of likely N-dealkylation sites (tertiary alicyclic amines) is 1. The fraction of sp³-hybridized carbons (Fsp3) is 0.917. The second kappa shape index (κ2) is 9.23. The Kier molecular flexibility index (Phi) is 7.98. The van der Waals surface area contributed by atoms with Gasteiger partial charge in [0.1, 0.15) is 21.7 Å². The number of hydrogen-bond acceptors (Lipinski definition) is 5. The molecule has 8 heteroatoms. The first-order chi connectivity index (χ1) is 14.3. The van der Waals surface area contributed by atoms with Crippen molar-refractivity contribution < 1.29 is 18.5 Å². The van der Waals surface area contributed by atoms with Gasteiger partial charge in [-0.15, -0.1) is 0 Å². The van der Waals surface area contributed by atoms with Gasteiger partial charge in [-0.05, 0) is 78.9 Å². The molecule has 2 atom stereocenters. The van der Waals surface area contributed by atoms with E-state index in [4.69, 9.17) is 13.6 Å². The molecule has 1 aliphatic carbocycles. The van der Waals surface area contributed by atoms with E-state index in [2.05, 4.69) is 33.9 Å². The number of ether oxygens (including phenoxy) is 1. The zero-order chi connectivity index (χ0) is 24.8. The van der Waals surface area contributed by atoms with Crippen molar-refractivity contribution >= 4 is 31.5 Å². The highest BCUT2D eigenvalue weighted by Gasteiger charge is 2.51. The van der Waals surface area contributed by atoms with Crippen molar-refractivity contribution in [1.82, 2.24) is 4.90 Å². The maximum atomic E-state index is 12.9. The lowest BCUT2D eigenvalue weighted by Gasteiger charge is -2.41. The van der Waals surface area contributed by atoms with E-state index in [1.807, 2.05) is 41.5 Å². The summed E-state index contributed by atoms with van der Waals surface area (Å²) in [6.07, 6.45) is 3.09. The molecule has 1 amide bonds. The van der Waals surface area contributed by atoms with Crippen LogP contribution < -0.4 is 0 Å². The molecule has 1 spiro atoms. The van der Waals surface area contributed by atoms with Gasteiger partial charge in [0.15, 0.2) is 8.32 Å². The van der Waals surface area contributed by atoms with Crippen molar-refractivity contribution in [3.05, 3.63) is 0 Å². The zero-order valence-electron chi connectivity index (χ0n) is 22.3. The number of piperidine rings is 1. The van der Waals surface area contributed by atoms with E-state index >= 15 is 0 Å². The standard InChI is InChI=1S/C24H46N2O4SSi/c1-21(2,3)29-20(27)26-14-12-24(13-15-26)17-18(30-32(10,11)23(7,8)9)16-19(24)25-31(28)22(4,5)6/h18H,12-17H2,1-11H3.